The van der Waals surface area contributed by atoms with Crippen molar-refractivity contribution in [1.29, 1.82) is 0 Å². The lowest BCUT2D eigenvalue weighted by Crippen LogP contribution is -2.14. The molecular formula is C22H17ClN4OS. The van der Waals surface area contributed by atoms with Crippen LogP contribution >= 0.6 is 23.4 Å². The third-order valence-electron chi connectivity index (χ3n) is 4.37. The summed E-state index contributed by atoms with van der Waals surface area (Å²) >= 11 is 7.44. The van der Waals surface area contributed by atoms with E-state index in [0.29, 0.717) is 21.6 Å². The molecule has 2 aromatic heterocycles. The van der Waals surface area contributed by atoms with E-state index in [1.54, 1.807) is 12.4 Å². The average Bonchev–Trinajstić information content (AvgIpc) is 3.18. The fourth-order valence-corrected chi connectivity index (χ4v) is 3.98. The Morgan fingerprint density at radius 1 is 0.966 bits per heavy atom. The van der Waals surface area contributed by atoms with Gasteiger partial charge in [0.05, 0.1) is 5.25 Å². The molecule has 0 spiro atoms. The Balaban J connectivity index is 1.72. The van der Waals surface area contributed by atoms with Crippen molar-refractivity contribution in [2.75, 3.05) is 0 Å². The van der Waals surface area contributed by atoms with Crippen molar-refractivity contribution in [3.8, 4) is 17.1 Å². The maximum absolute atomic E-state index is 12.8. The molecule has 0 saturated heterocycles. The molecule has 29 heavy (non-hydrogen) atoms. The molecule has 2 aromatic carbocycles. The second-order valence-electron chi connectivity index (χ2n) is 6.34. The average molecular weight is 421 g/mol. The number of Topliss-reactive ketones (excluding diaryl/α,β-unsaturated/α-hetero) is 1. The molecule has 0 aliphatic carbocycles. The molecule has 0 bridgehead atoms. The minimum atomic E-state index is -0.321. The first kappa shape index (κ1) is 19.4. The van der Waals surface area contributed by atoms with E-state index < -0.39 is 0 Å². The molecule has 0 N–H and O–H groups in total. The number of halogens is 1. The first-order valence-corrected chi connectivity index (χ1v) is 10.3. The molecule has 144 valence electrons. The van der Waals surface area contributed by atoms with Gasteiger partial charge in [0.15, 0.2) is 16.8 Å². The summed E-state index contributed by atoms with van der Waals surface area (Å²) in [4.78, 5) is 16.9. The van der Waals surface area contributed by atoms with Crippen LogP contribution in [0, 0.1) is 0 Å². The maximum atomic E-state index is 12.8. The van der Waals surface area contributed by atoms with Gasteiger partial charge in [-0.15, -0.1) is 10.2 Å². The number of carbonyl (C=O) groups is 1. The maximum Gasteiger partial charge on any atom is 0.196 e. The lowest BCUT2D eigenvalue weighted by molar-refractivity contribution is 0.0994. The molecule has 2 heterocycles. The number of aromatic nitrogens is 4. The summed E-state index contributed by atoms with van der Waals surface area (Å²) < 4.78 is 1.94. The van der Waals surface area contributed by atoms with E-state index >= 15 is 0 Å². The van der Waals surface area contributed by atoms with E-state index in [9.17, 15) is 4.79 Å². The molecular weight excluding hydrogens is 404 g/mol. The van der Waals surface area contributed by atoms with Gasteiger partial charge in [-0.05, 0) is 43.3 Å². The summed E-state index contributed by atoms with van der Waals surface area (Å²) in [5.41, 5.74) is 2.43. The van der Waals surface area contributed by atoms with Crippen molar-refractivity contribution in [2.24, 2.45) is 0 Å². The van der Waals surface area contributed by atoms with Gasteiger partial charge in [0.1, 0.15) is 0 Å². The zero-order chi connectivity index (χ0) is 20.2. The van der Waals surface area contributed by atoms with Crippen LogP contribution < -0.4 is 0 Å². The number of ketones is 1. The Morgan fingerprint density at radius 2 is 1.66 bits per heavy atom. The lowest BCUT2D eigenvalue weighted by Gasteiger charge is -2.13. The highest BCUT2D eigenvalue weighted by Crippen LogP contribution is 2.31. The summed E-state index contributed by atoms with van der Waals surface area (Å²) in [6, 6.07) is 20.5. The lowest BCUT2D eigenvalue weighted by atomic mass is 10.1. The molecule has 0 aliphatic heterocycles. The van der Waals surface area contributed by atoms with E-state index in [4.69, 9.17) is 11.6 Å². The van der Waals surface area contributed by atoms with Gasteiger partial charge >= 0.3 is 0 Å². The van der Waals surface area contributed by atoms with Crippen LogP contribution in [0.2, 0.25) is 5.02 Å². The summed E-state index contributed by atoms with van der Waals surface area (Å²) in [7, 11) is 0. The van der Waals surface area contributed by atoms with Crippen LogP contribution in [0.15, 0.2) is 84.3 Å². The third kappa shape index (κ3) is 4.23. The molecule has 0 saturated carbocycles. The number of rotatable bonds is 6. The predicted molar refractivity (Wildman–Crippen MR) is 116 cm³/mol. The van der Waals surface area contributed by atoms with E-state index in [0.717, 1.165) is 11.3 Å². The third-order valence-corrected chi connectivity index (χ3v) is 5.66. The van der Waals surface area contributed by atoms with Crippen molar-refractivity contribution < 1.29 is 4.79 Å². The van der Waals surface area contributed by atoms with Crippen molar-refractivity contribution in [3.63, 3.8) is 0 Å². The molecule has 5 nitrogen and oxygen atoms in total. The Morgan fingerprint density at radius 3 is 2.34 bits per heavy atom. The molecule has 4 rings (SSSR count). The largest absolute Gasteiger partial charge is 0.293 e. The van der Waals surface area contributed by atoms with E-state index in [1.807, 2.05) is 78.2 Å². The molecule has 4 aromatic rings. The summed E-state index contributed by atoms with van der Waals surface area (Å²) in [6.07, 6.45) is 3.43. The zero-order valence-corrected chi connectivity index (χ0v) is 17.1. The minimum absolute atomic E-state index is 0.0479. The Bertz CT molecular complexity index is 1110. The molecule has 1 unspecified atom stereocenters. The molecule has 0 amide bonds. The van der Waals surface area contributed by atoms with Crippen LogP contribution in [0.1, 0.15) is 17.3 Å². The molecule has 0 radical (unpaired) electrons. The number of nitrogens with zero attached hydrogens (tertiary/aromatic N) is 4. The second kappa shape index (κ2) is 8.59. The van der Waals surface area contributed by atoms with Gasteiger partial charge in [0, 0.05) is 34.2 Å². The Kier molecular flexibility index (Phi) is 5.74. The van der Waals surface area contributed by atoms with Crippen molar-refractivity contribution in [2.45, 2.75) is 17.3 Å². The number of hydrogen-bond donors (Lipinski definition) is 0. The first-order valence-electron chi connectivity index (χ1n) is 9.01. The molecule has 7 heteroatoms. The zero-order valence-electron chi connectivity index (χ0n) is 15.6. The smallest absolute Gasteiger partial charge is 0.196 e. The Labute approximate surface area is 177 Å². The van der Waals surface area contributed by atoms with Gasteiger partial charge in [-0.25, -0.2) is 0 Å². The predicted octanol–water partition coefficient (Wildman–Crippen LogP) is 5.35. The normalized spacial score (nSPS) is 11.9. The Hall–Kier alpha value is -2.96. The first-order chi connectivity index (χ1) is 14.1. The van der Waals surface area contributed by atoms with Crippen molar-refractivity contribution >= 4 is 29.1 Å². The van der Waals surface area contributed by atoms with Gasteiger partial charge in [-0.1, -0.05) is 53.7 Å². The van der Waals surface area contributed by atoms with Gasteiger partial charge in [0.2, 0.25) is 0 Å². The number of hydrogen-bond acceptors (Lipinski definition) is 5. The highest BCUT2D eigenvalue weighted by molar-refractivity contribution is 8.00. The van der Waals surface area contributed by atoms with Gasteiger partial charge in [0.25, 0.3) is 0 Å². The number of carbonyl (C=O) groups excluding carboxylic acids is 1. The molecule has 1 atom stereocenters. The monoisotopic (exact) mass is 420 g/mol. The molecule has 0 fully saturated rings. The van der Waals surface area contributed by atoms with Crippen molar-refractivity contribution in [3.05, 3.63) is 89.7 Å². The van der Waals surface area contributed by atoms with Crippen LogP contribution in [-0.4, -0.2) is 30.8 Å². The molecule has 0 aliphatic rings. The standard InChI is InChI=1S/C22H17ClN4OS/c1-15(20(28)16-5-3-2-4-6-16)29-22-26-25-21(17-11-13-24-14-12-17)27(22)19-9-7-18(23)8-10-19/h2-15H,1H3. The summed E-state index contributed by atoms with van der Waals surface area (Å²) in [5.74, 6) is 0.725. The summed E-state index contributed by atoms with van der Waals surface area (Å²) in [5, 5.41) is 9.73. The minimum Gasteiger partial charge on any atom is -0.293 e. The van der Waals surface area contributed by atoms with Gasteiger partial charge in [-0.3, -0.25) is 14.3 Å². The van der Waals surface area contributed by atoms with Crippen LogP contribution in [0.25, 0.3) is 17.1 Å². The number of thioether (sulfide) groups is 1. The van der Waals surface area contributed by atoms with Crippen molar-refractivity contribution in [1.82, 2.24) is 19.7 Å². The van der Waals surface area contributed by atoms with Crippen LogP contribution in [0.4, 0.5) is 0 Å². The topological polar surface area (TPSA) is 60.7 Å². The van der Waals surface area contributed by atoms with E-state index in [1.165, 1.54) is 11.8 Å². The van der Waals surface area contributed by atoms with Crippen LogP contribution in [0.5, 0.6) is 0 Å². The van der Waals surface area contributed by atoms with Crippen LogP contribution in [-0.2, 0) is 0 Å². The SMILES string of the molecule is CC(Sc1nnc(-c2ccncc2)n1-c1ccc(Cl)cc1)C(=O)c1ccccc1. The second-order valence-corrected chi connectivity index (χ2v) is 8.09. The highest BCUT2D eigenvalue weighted by Gasteiger charge is 2.22. The number of pyridine rings is 1. The fourth-order valence-electron chi connectivity index (χ4n) is 2.91. The van der Waals surface area contributed by atoms with E-state index in [2.05, 4.69) is 15.2 Å². The quantitative estimate of drug-likeness (QED) is 0.311. The van der Waals surface area contributed by atoms with E-state index in [-0.39, 0.29) is 11.0 Å². The summed E-state index contributed by atoms with van der Waals surface area (Å²) in [6.45, 7) is 1.88. The fraction of sp³-hybridized carbons (Fsp3) is 0.0909. The van der Waals surface area contributed by atoms with Gasteiger partial charge < -0.3 is 0 Å². The van der Waals surface area contributed by atoms with Crippen LogP contribution in [0.3, 0.4) is 0 Å². The number of benzene rings is 2. The van der Waals surface area contributed by atoms with Gasteiger partial charge in [-0.2, -0.15) is 0 Å². The highest BCUT2D eigenvalue weighted by atomic mass is 35.5.